The third-order valence-corrected chi connectivity index (χ3v) is 4.07. The number of carbonyl (C=O) groups excluding carboxylic acids is 1. The van der Waals surface area contributed by atoms with Crippen molar-refractivity contribution in [1.29, 1.82) is 0 Å². The number of primary sulfonamides is 1. The largest absolute Gasteiger partial charge is 0.494 e. The first-order valence-corrected chi connectivity index (χ1v) is 6.84. The van der Waals surface area contributed by atoms with E-state index >= 15 is 0 Å². The highest BCUT2D eigenvalue weighted by atomic mass is 32.2. The highest BCUT2D eigenvalue weighted by Crippen LogP contribution is 2.31. The van der Waals surface area contributed by atoms with Gasteiger partial charge in [0.15, 0.2) is 0 Å². The van der Waals surface area contributed by atoms with Crippen LogP contribution in [0.15, 0.2) is 18.5 Å². The van der Waals surface area contributed by atoms with Crippen LogP contribution in [0.3, 0.4) is 0 Å². The van der Waals surface area contributed by atoms with Crippen molar-refractivity contribution in [1.82, 2.24) is 4.98 Å². The lowest BCUT2D eigenvalue weighted by molar-refractivity contribution is -0.117. The predicted molar refractivity (Wildman–Crippen MR) is 64.7 cm³/mol. The summed E-state index contributed by atoms with van der Waals surface area (Å²) in [5, 5.41) is 4.18. The second kappa shape index (κ2) is 4.54. The van der Waals surface area contributed by atoms with Gasteiger partial charge in [-0.15, -0.1) is 0 Å². The molecule has 1 unspecified atom stereocenters. The molecule has 1 aliphatic heterocycles. The van der Waals surface area contributed by atoms with E-state index in [9.17, 15) is 13.2 Å². The van der Waals surface area contributed by atoms with Gasteiger partial charge in [0.1, 0.15) is 16.7 Å². The van der Waals surface area contributed by atoms with Gasteiger partial charge in [-0.3, -0.25) is 9.78 Å². The average Bonchev–Trinajstić information content (AvgIpc) is 2.71. The minimum absolute atomic E-state index is 0.0275. The van der Waals surface area contributed by atoms with Crippen molar-refractivity contribution in [2.75, 3.05) is 18.6 Å². The van der Waals surface area contributed by atoms with Crippen molar-refractivity contribution in [3.8, 4) is 5.75 Å². The molecule has 1 aliphatic rings. The Labute approximate surface area is 105 Å². The Bertz CT molecular complexity index is 572. The fourth-order valence-corrected chi connectivity index (χ4v) is 2.61. The zero-order chi connectivity index (χ0) is 13.3. The molecule has 2 heterocycles. The van der Waals surface area contributed by atoms with E-state index in [1.807, 2.05) is 0 Å². The third kappa shape index (κ3) is 2.29. The van der Waals surface area contributed by atoms with Crippen molar-refractivity contribution in [3.05, 3.63) is 18.5 Å². The molecule has 1 amide bonds. The molecular weight excluding hydrogens is 258 g/mol. The van der Waals surface area contributed by atoms with Crippen LogP contribution >= 0.6 is 0 Å². The Hall–Kier alpha value is -1.67. The lowest BCUT2D eigenvalue weighted by atomic mass is 10.3. The van der Waals surface area contributed by atoms with Crippen molar-refractivity contribution in [2.45, 2.75) is 11.7 Å². The molecule has 0 spiro atoms. The lowest BCUT2D eigenvalue weighted by Gasteiger charge is -2.18. The van der Waals surface area contributed by atoms with Gasteiger partial charge >= 0.3 is 0 Å². The summed E-state index contributed by atoms with van der Waals surface area (Å²) in [5.74, 6) is 0.161. The number of sulfonamides is 1. The number of amides is 1. The summed E-state index contributed by atoms with van der Waals surface area (Å²) in [7, 11) is -2.25. The fraction of sp³-hybridized carbons (Fsp3) is 0.400. The second-order valence-corrected chi connectivity index (χ2v) is 5.81. The van der Waals surface area contributed by atoms with E-state index in [1.165, 1.54) is 24.4 Å². The molecule has 0 aromatic carbocycles. The zero-order valence-electron chi connectivity index (χ0n) is 9.74. The molecule has 0 radical (unpaired) electrons. The topological polar surface area (TPSA) is 103 Å². The molecule has 0 saturated carbocycles. The van der Waals surface area contributed by atoms with E-state index in [4.69, 9.17) is 9.88 Å². The molecular formula is C10H13N3O4S. The number of aromatic nitrogens is 1. The standard InChI is InChI=1S/C10H13N3O4S/c1-17-9-2-3-12-5-8(9)13-6-7(4-10(13)14)18(11,15)16/h2-3,5,7H,4,6H2,1H3,(H2,11,15,16). The van der Waals surface area contributed by atoms with E-state index in [0.717, 1.165) is 0 Å². The summed E-state index contributed by atoms with van der Waals surface area (Å²) in [4.78, 5) is 17.1. The molecule has 2 N–H and O–H groups in total. The summed E-state index contributed by atoms with van der Waals surface area (Å²) < 4.78 is 27.6. The van der Waals surface area contributed by atoms with Crippen LogP contribution in [0.25, 0.3) is 0 Å². The van der Waals surface area contributed by atoms with Crippen LogP contribution < -0.4 is 14.8 Å². The van der Waals surface area contributed by atoms with Gasteiger partial charge < -0.3 is 9.64 Å². The molecule has 98 valence electrons. The summed E-state index contributed by atoms with van der Waals surface area (Å²) >= 11 is 0. The van der Waals surface area contributed by atoms with Gasteiger partial charge in [0.05, 0.1) is 13.3 Å². The molecule has 0 aliphatic carbocycles. The van der Waals surface area contributed by atoms with Crippen LogP contribution in [0.1, 0.15) is 6.42 Å². The number of hydrogen-bond donors (Lipinski definition) is 1. The third-order valence-electron chi connectivity index (χ3n) is 2.83. The highest BCUT2D eigenvalue weighted by Gasteiger charge is 2.38. The Balaban J connectivity index is 2.33. The van der Waals surface area contributed by atoms with Crippen LogP contribution in [0.5, 0.6) is 5.75 Å². The zero-order valence-corrected chi connectivity index (χ0v) is 10.6. The SMILES string of the molecule is COc1ccncc1N1CC(S(N)(=O)=O)CC1=O. The van der Waals surface area contributed by atoms with Gasteiger partial charge in [-0.25, -0.2) is 13.6 Å². The number of methoxy groups -OCH3 is 1. The molecule has 8 heteroatoms. The molecule has 1 fully saturated rings. The number of anilines is 1. The first-order chi connectivity index (χ1) is 8.43. The van der Waals surface area contributed by atoms with E-state index in [-0.39, 0.29) is 18.9 Å². The lowest BCUT2D eigenvalue weighted by Crippen LogP contribution is -2.32. The fourth-order valence-electron chi connectivity index (χ4n) is 1.88. The number of nitrogens with zero attached hydrogens (tertiary/aromatic N) is 2. The molecule has 1 aromatic rings. The van der Waals surface area contributed by atoms with Crippen LogP contribution in [-0.2, 0) is 14.8 Å². The Morgan fingerprint density at radius 3 is 2.83 bits per heavy atom. The maximum atomic E-state index is 11.8. The monoisotopic (exact) mass is 271 g/mol. The Kier molecular flexibility index (Phi) is 3.22. The van der Waals surface area contributed by atoms with Crippen molar-refractivity contribution in [3.63, 3.8) is 0 Å². The first-order valence-electron chi connectivity index (χ1n) is 5.23. The smallest absolute Gasteiger partial charge is 0.228 e. The van der Waals surface area contributed by atoms with E-state index in [2.05, 4.69) is 4.98 Å². The number of carbonyl (C=O) groups is 1. The average molecular weight is 271 g/mol. The van der Waals surface area contributed by atoms with Crippen molar-refractivity contribution in [2.24, 2.45) is 5.14 Å². The van der Waals surface area contributed by atoms with Gasteiger partial charge in [0.2, 0.25) is 15.9 Å². The van der Waals surface area contributed by atoms with Crippen LogP contribution in [-0.4, -0.2) is 38.2 Å². The molecule has 1 saturated heterocycles. The number of rotatable bonds is 3. The number of pyridine rings is 1. The van der Waals surface area contributed by atoms with Gasteiger partial charge in [0, 0.05) is 25.2 Å². The molecule has 2 rings (SSSR count). The summed E-state index contributed by atoms with van der Waals surface area (Å²) in [5.41, 5.74) is 0.455. The van der Waals surface area contributed by atoms with Crippen LogP contribution in [0, 0.1) is 0 Å². The highest BCUT2D eigenvalue weighted by molar-refractivity contribution is 7.89. The molecule has 1 atom stereocenters. The Morgan fingerprint density at radius 2 is 2.28 bits per heavy atom. The van der Waals surface area contributed by atoms with Gasteiger partial charge in [-0.2, -0.15) is 0 Å². The van der Waals surface area contributed by atoms with Crippen molar-refractivity contribution < 1.29 is 17.9 Å². The number of ether oxygens (including phenoxy) is 1. The van der Waals surface area contributed by atoms with E-state index in [1.54, 1.807) is 6.07 Å². The summed E-state index contributed by atoms with van der Waals surface area (Å²) in [6.07, 6.45) is 2.87. The van der Waals surface area contributed by atoms with E-state index < -0.39 is 15.3 Å². The molecule has 18 heavy (non-hydrogen) atoms. The quantitative estimate of drug-likeness (QED) is 0.797. The minimum atomic E-state index is -3.72. The molecule has 0 bridgehead atoms. The Morgan fingerprint density at radius 1 is 1.56 bits per heavy atom. The number of nitrogens with two attached hydrogens (primary N) is 1. The molecule has 1 aromatic heterocycles. The second-order valence-electron chi connectivity index (χ2n) is 3.97. The summed E-state index contributed by atoms with van der Waals surface area (Å²) in [6, 6.07) is 1.60. The minimum Gasteiger partial charge on any atom is -0.494 e. The maximum Gasteiger partial charge on any atom is 0.228 e. The van der Waals surface area contributed by atoms with E-state index in [0.29, 0.717) is 11.4 Å². The normalized spacial score (nSPS) is 20.2. The van der Waals surface area contributed by atoms with Gasteiger partial charge in [-0.05, 0) is 0 Å². The first kappa shape index (κ1) is 12.8. The van der Waals surface area contributed by atoms with Gasteiger partial charge in [0.25, 0.3) is 0 Å². The predicted octanol–water partition coefficient (Wildman–Crippen LogP) is -0.516. The van der Waals surface area contributed by atoms with Crippen LogP contribution in [0.4, 0.5) is 5.69 Å². The number of hydrogen-bond acceptors (Lipinski definition) is 5. The summed E-state index contributed by atoms with van der Waals surface area (Å²) in [6.45, 7) is 0.0275. The van der Waals surface area contributed by atoms with Gasteiger partial charge in [-0.1, -0.05) is 0 Å². The maximum absolute atomic E-state index is 11.8. The van der Waals surface area contributed by atoms with Crippen LogP contribution in [0.2, 0.25) is 0 Å². The van der Waals surface area contributed by atoms with Crippen molar-refractivity contribution >= 4 is 21.6 Å². The molecule has 7 nitrogen and oxygen atoms in total.